The summed E-state index contributed by atoms with van der Waals surface area (Å²) < 4.78 is 39.4. The van der Waals surface area contributed by atoms with Gasteiger partial charge in [0.1, 0.15) is 5.39 Å². The molecule has 6 nitrogen and oxygen atoms in total. The van der Waals surface area contributed by atoms with Crippen molar-refractivity contribution < 1.29 is 13.2 Å². The lowest BCUT2D eigenvalue weighted by atomic mass is 9.96. The van der Waals surface area contributed by atoms with Crippen LogP contribution in [-0.2, 0) is 12.7 Å². The third kappa shape index (κ3) is 2.04. The Morgan fingerprint density at radius 2 is 2.04 bits per heavy atom. The first-order valence-corrected chi connectivity index (χ1v) is 6.61. The molecule has 0 aliphatic carbocycles. The van der Waals surface area contributed by atoms with E-state index in [2.05, 4.69) is 25.2 Å². The first-order chi connectivity index (χ1) is 10.9. The van der Waals surface area contributed by atoms with E-state index in [0.717, 1.165) is 12.1 Å². The second-order valence-electron chi connectivity index (χ2n) is 5.09. The fourth-order valence-corrected chi connectivity index (χ4v) is 2.66. The largest absolute Gasteiger partial charge is 0.416 e. The molecule has 0 radical (unpaired) electrons. The number of nitrogens with zero attached hydrogens (tertiary/aromatic N) is 3. The zero-order valence-electron chi connectivity index (χ0n) is 11.4. The molecule has 1 aliphatic heterocycles. The van der Waals surface area contributed by atoms with Gasteiger partial charge in [0.15, 0.2) is 5.65 Å². The number of nitrogens with one attached hydrogen (secondary N) is 2. The van der Waals surface area contributed by atoms with Gasteiger partial charge in [-0.05, 0) is 17.7 Å². The third-order valence-corrected chi connectivity index (χ3v) is 3.70. The van der Waals surface area contributed by atoms with Crippen LogP contribution in [0, 0.1) is 0 Å². The number of aromatic amines is 2. The Bertz CT molecular complexity index is 1020. The highest BCUT2D eigenvalue weighted by Gasteiger charge is 2.33. The molecule has 9 heteroatoms. The summed E-state index contributed by atoms with van der Waals surface area (Å²) in [4.78, 5) is 22.3. The molecule has 2 N–H and O–H groups in total. The van der Waals surface area contributed by atoms with Crippen LogP contribution in [0.3, 0.4) is 0 Å². The fraction of sp³-hybridized carbons (Fsp3) is 0.143. The van der Waals surface area contributed by atoms with E-state index in [9.17, 15) is 18.0 Å². The van der Waals surface area contributed by atoms with Gasteiger partial charge in [-0.15, -0.1) is 0 Å². The number of benzene rings is 1. The summed E-state index contributed by atoms with van der Waals surface area (Å²) in [6, 6.07) is 2.07. The minimum Gasteiger partial charge on any atom is -0.312 e. The molecular weight excluding hydrogens is 311 g/mol. The number of H-pyrrole nitrogens is 2. The van der Waals surface area contributed by atoms with Gasteiger partial charge in [-0.3, -0.25) is 14.9 Å². The summed E-state index contributed by atoms with van der Waals surface area (Å²) in [6.07, 6.45) is -1.80. The lowest BCUT2D eigenvalue weighted by Crippen LogP contribution is -2.09. The van der Waals surface area contributed by atoms with Crippen molar-refractivity contribution >= 4 is 17.2 Å². The topological polar surface area (TPSA) is 86.8 Å². The molecule has 0 atom stereocenters. The van der Waals surface area contributed by atoms with Crippen molar-refractivity contribution in [2.45, 2.75) is 12.7 Å². The van der Waals surface area contributed by atoms with Crippen LogP contribution in [0.5, 0.6) is 0 Å². The van der Waals surface area contributed by atoms with Gasteiger partial charge >= 0.3 is 6.18 Å². The Hall–Kier alpha value is -2.97. The van der Waals surface area contributed by atoms with E-state index in [-0.39, 0.29) is 28.8 Å². The number of hydrogen-bond acceptors (Lipinski definition) is 4. The van der Waals surface area contributed by atoms with E-state index >= 15 is 0 Å². The Morgan fingerprint density at radius 3 is 2.83 bits per heavy atom. The number of halogens is 3. The summed E-state index contributed by atoms with van der Waals surface area (Å²) in [5.74, 6) is 0. The molecule has 2 aromatic heterocycles. The van der Waals surface area contributed by atoms with Crippen molar-refractivity contribution in [2.24, 2.45) is 4.99 Å². The maximum Gasteiger partial charge on any atom is 0.416 e. The van der Waals surface area contributed by atoms with Gasteiger partial charge in [0.05, 0.1) is 24.1 Å². The van der Waals surface area contributed by atoms with Crippen LogP contribution in [-0.4, -0.2) is 26.4 Å². The fourth-order valence-electron chi connectivity index (χ4n) is 2.66. The van der Waals surface area contributed by atoms with Crippen molar-refractivity contribution in [1.82, 2.24) is 20.2 Å². The van der Waals surface area contributed by atoms with E-state index in [0.29, 0.717) is 11.1 Å². The number of alkyl halides is 3. The first kappa shape index (κ1) is 13.7. The second-order valence-corrected chi connectivity index (χ2v) is 5.09. The quantitative estimate of drug-likeness (QED) is 0.721. The van der Waals surface area contributed by atoms with E-state index in [1.807, 2.05) is 0 Å². The SMILES string of the molecule is O=c1[nH]cnc2n[nH]c(-c3cc(C(F)(F)F)cc4c3C=NC4)c12. The normalized spacial score (nSPS) is 13.7. The van der Waals surface area contributed by atoms with Crippen LogP contribution in [0.2, 0.25) is 0 Å². The van der Waals surface area contributed by atoms with Crippen LogP contribution in [0.1, 0.15) is 16.7 Å². The summed E-state index contributed by atoms with van der Waals surface area (Å²) in [6.45, 7) is 0.174. The number of rotatable bonds is 1. The minimum atomic E-state index is -4.49. The minimum absolute atomic E-state index is 0.120. The number of aliphatic imine (C=N–C) groups is 1. The third-order valence-electron chi connectivity index (χ3n) is 3.70. The molecule has 0 saturated carbocycles. The van der Waals surface area contributed by atoms with Gasteiger partial charge in [0, 0.05) is 17.3 Å². The monoisotopic (exact) mass is 319 g/mol. The highest BCUT2D eigenvalue weighted by Crippen LogP contribution is 2.37. The molecule has 23 heavy (non-hydrogen) atoms. The molecule has 116 valence electrons. The smallest absolute Gasteiger partial charge is 0.312 e. The summed E-state index contributed by atoms with van der Waals surface area (Å²) in [7, 11) is 0. The molecule has 3 aromatic rings. The Kier molecular flexibility index (Phi) is 2.68. The van der Waals surface area contributed by atoms with Gasteiger partial charge in [-0.1, -0.05) is 0 Å². The van der Waals surface area contributed by atoms with E-state index < -0.39 is 17.3 Å². The molecule has 0 fully saturated rings. The molecule has 0 bridgehead atoms. The highest BCUT2D eigenvalue weighted by atomic mass is 19.4. The molecule has 1 aromatic carbocycles. The number of aromatic nitrogens is 4. The predicted octanol–water partition coefficient (Wildman–Crippen LogP) is 2.26. The Labute approximate surface area is 126 Å². The van der Waals surface area contributed by atoms with Crippen molar-refractivity contribution in [1.29, 1.82) is 0 Å². The Balaban J connectivity index is 2.07. The van der Waals surface area contributed by atoms with Gasteiger partial charge in [-0.2, -0.15) is 18.3 Å². The van der Waals surface area contributed by atoms with Gasteiger partial charge < -0.3 is 4.98 Å². The molecular formula is C14H8F3N5O. The zero-order chi connectivity index (χ0) is 16.2. The zero-order valence-corrected chi connectivity index (χ0v) is 11.4. The summed E-state index contributed by atoms with van der Waals surface area (Å²) >= 11 is 0. The van der Waals surface area contributed by atoms with Gasteiger partial charge in [0.25, 0.3) is 5.56 Å². The summed E-state index contributed by atoms with van der Waals surface area (Å²) in [5.41, 5.74) is 0.316. The molecule has 0 amide bonds. The van der Waals surface area contributed by atoms with Crippen LogP contribution in [0.15, 0.2) is 28.2 Å². The van der Waals surface area contributed by atoms with Crippen LogP contribution < -0.4 is 5.56 Å². The average molecular weight is 319 g/mol. The van der Waals surface area contributed by atoms with Crippen LogP contribution >= 0.6 is 0 Å². The van der Waals surface area contributed by atoms with E-state index in [4.69, 9.17) is 0 Å². The number of fused-ring (bicyclic) bond motifs is 2. The molecule has 0 unspecified atom stereocenters. The second kappa shape index (κ2) is 4.51. The molecule has 1 aliphatic rings. The lowest BCUT2D eigenvalue weighted by Gasteiger charge is -2.12. The standard InChI is InChI=1S/C14H8F3N5O/c15-14(16,17)7-1-6-3-18-4-9(6)8(2-7)11-10-12(22-21-11)19-5-20-13(10)23/h1-2,4-5H,3H2,(H2,19,20,21,22,23). The molecule has 4 rings (SSSR count). The van der Waals surface area contributed by atoms with E-state index in [1.165, 1.54) is 12.5 Å². The maximum absolute atomic E-state index is 13.1. The first-order valence-electron chi connectivity index (χ1n) is 6.61. The maximum atomic E-state index is 13.1. The molecule has 0 spiro atoms. The van der Waals surface area contributed by atoms with Crippen LogP contribution in [0.4, 0.5) is 13.2 Å². The highest BCUT2D eigenvalue weighted by molar-refractivity contribution is 5.99. The molecule has 0 saturated heterocycles. The van der Waals surface area contributed by atoms with Crippen molar-refractivity contribution in [2.75, 3.05) is 0 Å². The van der Waals surface area contributed by atoms with Gasteiger partial charge in [0.2, 0.25) is 0 Å². The summed E-state index contributed by atoms with van der Waals surface area (Å²) in [5, 5.41) is 6.63. The van der Waals surface area contributed by atoms with Crippen molar-refractivity contribution in [3.63, 3.8) is 0 Å². The molecule has 3 heterocycles. The van der Waals surface area contributed by atoms with Crippen molar-refractivity contribution in [3.05, 3.63) is 45.5 Å². The lowest BCUT2D eigenvalue weighted by molar-refractivity contribution is -0.137. The average Bonchev–Trinajstić information content (AvgIpc) is 3.12. The number of hydrogen-bond donors (Lipinski definition) is 2. The van der Waals surface area contributed by atoms with E-state index in [1.54, 1.807) is 0 Å². The van der Waals surface area contributed by atoms with Crippen molar-refractivity contribution in [3.8, 4) is 11.3 Å². The Morgan fingerprint density at radius 1 is 1.22 bits per heavy atom. The van der Waals surface area contributed by atoms with Gasteiger partial charge in [-0.25, -0.2) is 4.98 Å². The predicted molar refractivity (Wildman–Crippen MR) is 76.2 cm³/mol. The van der Waals surface area contributed by atoms with Crippen LogP contribution in [0.25, 0.3) is 22.3 Å².